The lowest BCUT2D eigenvalue weighted by atomic mass is 9.79. The summed E-state index contributed by atoms with van der Waals surface area (Å²) in [6, 6.07) is 0. The van der Waals surface area contributed by atoms with Crippen molar-refractivity contribution in [2.75, 3.05) is 0 Å². The molecule has 1 aliphatic carbocycles. The van der Waals surface area contributed by atoms with Gasteiger partial charge in [-0.05, 0) is 31.1 Å². The first-order chi connectivity index (χ1) is 4.74. The molecule has 0 N–H and O–H groups in total. The summed E-state index contributed by atoms with van der Waals surface area (Å²) in [4.78, 5) is 0. The minimum absolute atomic E-state index is 0.794. The maximum Gasteiger partial charge on any atom is -0.0234 e. The minimum Gasteiger partial charge on any atom is -0.0996 e. The predicted octanol–water partition coefficient (Wildman–Crippen LogP) is 3.39. The molecule has 0 aromatic carbocycles. The van der Waals surface area contributed by atoms with E-state index < -0.39 is 0 Å². The van der Waals surface area contributed by atoms with Crippen molar-refractivity contribution in [1.29, 1.82) is 0 Å². The Balaban J connectivity index is 2.41. The second-order valence-corrected chi connectivity index (χ2v) is 3.62. The van der Waals surface area contributed by atoms with Gasteiger partial charge in [-0.25, -0.2) is 0 Å². The van der Waals surface area contributed by atoms with Crippen LogP contribution < -0.4 is 0 Å². The molecule has 0 bridgehead atoms. The van der Waals surface area contributed by atoms with Crippen LogP contribution in [0.3, 0.4) is 0 Å². The summed E-state index contributed by atoms with van der Waals surface area (Å²) >= 11 is 0. The van der Waals surface area contributed by atoms with Crippen molar-refractivity contribution >= 4 is 0 Å². The van der Waals surface area contributed by atoms with Gasteiger partial charge >= 0.3 is 0 Å². The van der Waals surface area contributed by atoms with Gasteiger partial charge in [0, 0.05) is 0 Å². The van der Waals surface area contributed by atoms with Gasteiger partial charge in [0.15, 0.2) is 0 Å². The third-order valence-corrected chi connectivity index (χ3v) is 2.83. The zero-order valence-corrected chi connectivity index (χ0v) is 7.19. The Hall–Kier alpha value is -0.260. The highest BCUT2D eigenvalue weighted by molar-refractivity contribution is 5.03. The van der Waals surface area contributed by atoms with Gasteiger partial charge in [0.25, 0.3) is 0 Å². The SMILES string of the molecule is C=C1CC(CC)CCC1C. The second kappa shape index (κ2) is 3.23. The molecule has 0 saturated heterocycles. The van der Waals surface area contributed by atoms with E-state index in [0.29, 0.717) is 0 Å². The fourth-order valence-corrected chi connectivity index (χ4v) is 1.71. The maximum absolute atomic E-state index is 4.09. The molecule has 10 heavy (non-hydrogen) atoms. The monoisotopic (exact) mass is 138 g/mol. The molecule has 0 nitrogen and oxygen atoms in total. The lowest BCUT2D eigenvalue weighted by Crippen LogP contribution is -2.13. The van der Waals surface area contributed by atoms with Crippen LogP contribution in [0.4, 0.5) is 0 Å². The lowest BCUT2D eigenvalue weighted by Gasteiger charge is -2.27. The average molecular weight is 138 g/mol. The number of hydrogen-bond donors (Lipinski definition) is 0. The molecule has 58 valence electrons. The van der Waals surface area contributed by atoms with Crippen molar-refractivity contribution < 1.29 is 0 Å². The first-order valence-electron chi connectivity index (χ1n) is 4.41. The maximum atomic E-state index is 4.09. The molecular weight excluding hydrogens is 120 g/mol. The average Bonchev–Trinajstić information content (AvgIpc) is 1.95. The second-order valence-electron chi connectivity index (χ2n) is 3.62. The van der Waals surface area contributed by atoms with Crippen LogP contribution in [0, 0.1) is 11.8 Å². The molecule has 1 aliphatic rings. The molecule has 0 aromatic heterocycles. The fourth-order valence-electron chi connectivity index (χ4n) is 1.71. The number of rotatable bonds is 1. The van der Waals surface area contributed by atoms with Crippen molar-refractivity contribution in [3.8, 4) is 0 Å². The topological polar surface area (TPSA) is 0 Å². The zero-order valence-electron chi connectivity index (χ0n) is 7.19. The minimum atomic E-state index is 0.794. The Labute approximate surface area is 64.3 Å². The van der Waals surface area contributed by atoms with Gasteiger partial charge in [-0.3, -0.25) is 0 Å². The standard InChI is InChI=1S/C10H18/c1-4-10-6-5-8(2)9(3)7-10/h8,10H,3-7H2,1-2H3. The van der Waals surface area contributed by atoms with E-state index >= 15 is 0 Å². The van der Waals surface area contributed by atoms with E-state index in [1.54, 1.807) is 0 Å². The van der Waals surface area contributed by atoms with Gasteiger partial charge in [-0.2, -0.15) is 0 Å². The number of allylic oxidation sites excluding steroid dienone is 1. The fraction of sp³-hybridized carbons (Fsp3) is 0.800. The van der Waals surface area contributed by atoms with Crippen molar-refractivity contribution in [2.45, 2.75) is 39.5 Å². The molecule has 1 rings (SSSR count). The van der Waals surface area contributed by atoms with Crippen LogP contribution >= 0.6 is 0 Å². The van der Waals surface area contributed by atoms with Gasteiger partial charge in [-0.15, -0.1) is 0 Å². The Morgan fingerprint density at radius 2 is 2.20 bits per heavy atom. The summed E-state index contributed by atoms with van der Waals surface area (Å²) in [5.41, 5.74) is 1.48. The van der Waals surface area contributed by atoms with Crippen LogP contribution in [0.25, 0.3) is 0 Å². The summed E-state index contributed by atoms with van der Waals surface area (Å²) in [6.07, 6.45) is 5.43. The first-order valence-corrected chi connectivity index (χ1v) is 4.41. The molecule has 0 heteroatoms. The summed E-state index contributed by atoms with van der Waals surface area (Å²) in [6.45, 7) is 8.68. The molecule has 0 heterocycles. The summed E-state index contributed by atoms with van der Waals surface area (Å²) in [5, 5.41) is 0. The highest BCUT2D eigenvalue weighted by Crippen LogP contribution is 2.33. The van der Waals surface area contributed by atoms with Crippen molar-refractivity contribution in [2.24, 2.45) is 11.8 Å². The smallest absolute Gasteiger partial charge is 0.0234 e. The van der Waals surface area contributed by atoms with Gasteiger partial charge in [0.1, 0.15) is 0 Å². The molecule has 2 atom stereocenters. The van der Waals surface area contributed by atoms with E-state index in [1.165, 1.54) is 31.3 Å². The molecule has 0 aromatic rings. The van der Waals surface area contributed by atoms with E-state index in [1.807, 2.05) is 0 Å². The zero-order chi connectivity index (χ0) is 7.56. The van der Waals surface area contributed by atoms with Crippen molar-refractivity contribution in [3.05, 3.63) is 12.2 Å². The molecule has 1 fully saturated rings. The summed E-state index contributed by atoms with van der Waals surface area (Å²) in [5.74, 6) is 1.74. The largest absolute Gasteiger partial charge is 0.0996 e. The van der Waals surface area contributed by atoms with Crippen LogP contribution in [0.5, 0.6) is 0 Å². The summed E-state index contributed by atoms with van der Waals surface area (Å²) < 4.78 is 0. The van der Waals surface area contributed by atoms with Crippen LogP contribution in [0.1, 0.15) is 39.5 Å². The quantitative estimate of drug-likeness (QED) is 0.487. The Kier molecular flexibility index (Phi) is 2.53. The van der Waals surface area contributed by atoms with Crippen molar-refractivity contribution in [3.63, 3.8) is 0 Å². The van der Waals surface area contributed by atoms with E-state index in [-0.39, 0.29) is 0 Å². The van der Waals surface area contributed by atoms with E-state index in [4.69, 9.17) is 0 Å². The molecular formula is C10H18. The van der Waals surface area contributed by atoms with E-state index in [2.05, 4.69) is 20.4 Å². The van der Waals surface area contributed by atoms with Crippen LogP contribution in [-0.2, 0) is 0 Å². The molecule has 0 spiro atoms. The molecule has 0 aliphatic heterocycles. The first kappa shape index (κ1) is 7.84. The summed E-state index contributed by atoms with van der Waals surface area (Å²) in [7, 11) is 0. The highest BCUT2D eigenvalue weighted by atomic mass is 14.2. The normalized spacial score (nSPS) is 34.4. The molecule has 0 amide bonds. The predicted molar refractivity (Wildman–Crippen MR) is 45.9 cm³/mol. The Bertz CT molecular complexity index is 124. The van der Waals surface area contributed by atoms with E-state index in [0.717, 1.165) is 11.8 Å². The van der Waals surface area contributed by atoms with Crippen LogP contribution in [0.15, 0.2) is 12.2 Å². The Morgan fingerprint density at radius 1 is 1.50 bits per heavy atom. The number of hydrogen-bond acceptors (Lipinski definition) is 0. The van der Waals surface area contributed by atoms with E-state index in [9.17, 15) is 0 Å². The van der Waals surface area contributed by atoms with Crippen LogP contribution in [-0.4, -0.2) is 0 Å². The lowest BCUT2D eigenvalue weighted by molar-refractivity contribution is 0.356. The van der Waals surface area contributed by atoms with Gasteiger partial charge in [0.05, 0.1) is 0 Å². The third-order valence-electron chi connectivity index (χ3n) is 2.83. The van der Waals surface area contributed by atoms with Crippen molar-refractivity contribution in [1.82, 2.24) is 0 Å². The van der Waals surface area contributed by atoms with Gasteiger partial charge in [-0.1, -0.05) is 32.4 Å². The molecule has 2 unspecified atom stereocenters. The third kappa shape index (κ3) is 1.62. The Morgan fingerprint density at radius 3 is 2.70 bits per heavy atom. The molecule has 1 saturated carbocycles. The van der Waals surface area contributed by atoms with Crippen LogP contribution in [0.2, 0.25) is 0 Å². The molecule has 0 radical (unpaired) electrons. The van der Waals surface area contributed by atoms with Gasteiger partial charge in [0.2, 0.25) is 0 Å². The highest BCUT2D eigenvalue weighted by Gasteiger charge is 2.19. The van der Waals surface area contributed by atoms with Gasteiger partial charge < -0.3 is 0 Å².